The summed E-state index contributed by atoms with van der Waals surface area (Å²) in [6.45, 7) is 5.43. The molecule has 134 valence electrons. The molecule has 1 aromatic carbocycles. The number of aromatic nitrogens is 4. The lowest BCUT2D eigenvalue weighted by Gasteiger charge is -2.22. The average Bonchev–Trinajstić information content (AvgIpc) is 3.05. The van der Waals surface area contributed by atoms with E-state index in [1.807, 2.05) is 32.0 Å². The van der Waals surface area contributed by atoms with Crippen molar-refractivity contribution in [2.24, 2.45) is 0 Å². The zero-order chi connectivity index (χ0) is 18.8. The summed E-state index contributed by atoms with van der Waals surface area (Å²) in [4.78, 5) is 26.7. The van der Waals surface area contributed by atoms with E-state index < -0.39 is 0 Å². The average molecular weight is 352 g/mol. The molecule has 0 aliphatic rings. The lowest BCUT2D eigenvalue weighted by atomic mass is 10.1. The number of hydrogen-bond acceptors (Lipinski definition) is 7. The van der Waals surface area contributed by atoms with Gasteiger partial charge in [0.25, 0.3) is 5.91 Å². The summed E-state index contributed by atoms with van der Waals surface area (Å²) in [5.74, 6) is 1.03. The first-order valence-electron chi connectivity index (χ1n) is 8.14. The van der Waals surface area contributed by atoms with E-state index in [9.17, 15) is 4.79 Å². The van der Waals surface area contributed by atoms with Crippen LogP contribution in [-0.2, 0) is 0 Å². The molecule has 3 rings (SSSR count). The molecule has 0 saturated heterocycles. The monoisotopic (exact) mass is 352 g/mol. The summed E-state index contributed by atoms with van der Waals surface area (Å²) < 4.78 is 5.15. The molecule has 26 heavy (non-hydrogen) atoms. The molecule has 3 aromatic rings. The second-order valence-electron chi connectivity index (χ2n) is 6.10. The molecule has 2 aromatic heterocycles. The lowest BCUT2D eigenvalue weighted by molar-refractivity contribution is 0.0716. The van der Waals surface area contributed by atoms with E-state index in [2.05, 4.69) is 20.1 Å². The van der Waals surface area contributed by atoms with Crippen molar-refractivity contribution >= 4 is 11.9 Å². The first-order valence-corrected chi connectivity index (χ1v) is 8.14. The SMILES string of the molecule is Cc1cc(-c2ccc(C(=O)N(C)[C@H](C)c3nc(C)no3)cc2)nc(N)n1. The highest BCUT2D eigenvalue weighted by Crippen LogP contribution is 2.22. The predicted octanol–water partition coefficient (Wildman–Crippen LogP) is 2.56. The Morgan fingerprint density at radius 2 is 1.85 bits per heavy atom. The molecule has 0 aliphatic carbocycles. The van der Waals surface area contributed by atoms with Crippen molar-refractivity contribution in [3.63, 3.8) is 0 Å². The number of rotatable bonds is 4. The van der Waals surface area contributed by atoms with Crippen LogP contribution in [0.5, 0.6) is 0 Å². The smallest absolute Gasteiger partial charge is 0.254 e. The van der Waals surface area contributed by atoms with E-state index in [4.69, 9.17) is 10.3 Å². The fourth-order valence-corrected chi connectivity index (χ4v) is 2.55. The predicted molar refractivity (Wildman–Crippen MR) is 96.2 cm³/mol. The molecule has 0 bridgehead atoms. The minimum Gasteiger partial charge on any atom is -0.368 e. The van der Waals surface area contributed by atoms with Crippen LogP contribution in [0.3, 0.4) is 0 Å². The van der Waals surface area contributed by atoms with Crippen LogP contribution in [-0.4, -0.2) is 38.0 Å². The van der Waals surface area contributed by atoms with Gasteiger partial charge in [-0.3, -0.25) is 4.79 Å². The van der Waals surface area contributed by atoms with Crippen molar-refractivity contribution in [1.82, 2.24) is 25.0 Å². The van der Waals surface area contributed by atoms with E-state index in [-0.39, 0.29) is 17.9 Å². The number of nitrogen functional groups attached to an aromatic ring is 1. The van der Waals surface area contributed by atoms with Gasteiger partial charge in [0.15, 0.2) is 5.82 Å². The van der Waals surface area contributed by atoms with Gasteiger partial charge in [-0.25, -0.2) is 9.97 Å². The first kappa shape index (κ1) is 17.5. The molecule has 0 spiro atoms. The molecule has 0 unspecified atom stereocenters. The molecule has 1 amide bonds. The van der Waals surface area contributed by atoms with Crippen LogP contribution in [0.4, 0.5) is 5.95 Å². The quantitative estimate of drug-likeness (QED) is 0.768. The van der Waals surface area contributed by atoms with Crippen LogP contribution in [0, 0.1) is 13.8 Å². The maximum absolute atomic E-state index is 12.7. The number of carbonyl (C=O) groups is 1. The molecule has 0 fully saturated rings. The normalized spacial score (nSPS) is 12.0. The molecule has 8 heteroatoms. The van der Waals surface area contributed by atoms with Gasteiger partial charge in [0.05, 0.1) is 5.69 Å². The number of anilines is 1. The van der Waals surface area contributed by atoms with Crippen molar-refractivity contribution < 1.29 is 9.32 Å². The summed E-state index contributed by atoms with van der Waals surface area (Å²) >= 11 is 0. The summed E-state index contributed by atoms with van der Waals surface area (Å²) in [7, 11) is 1.70. The van der Waals surface area contributed by atoms with Crippen LogP contribution in [0.15, 0.2) is 34.9 Å². The Labute approximate surface area is 151 Å². The zero-order valence-electron chi connectivity index (χ0n) is 15.1. The van der Waals surface area contributed by atoms with Gasteiger partial charge < -0.3 is 15.2 Å². The molecule has 0 radical (unpaired) electrons. The maximum atomic E-state index is 12.7. The summed E-state index contributed by atoms with van der Waals surface area (Å²) in [5.41, 5.74) is 8.63. The molecular formula is C18H20N6O2. The van der Waals surface area contributed by atoms with Gasteiger partial charge in [-0.2, -0.15) is 4.98 Å². The van der Waals surface area contributed by atoms with E-state index in [0.717, 1.165) is 17.0 Å². The van der Waals surface area contributed by atoms with Crippen LogP contribution in [0.25, 0.3) is 11.3 Å². The number of benzene rings is 1. The number of amides is 1. The fraction of sp³-hybridized carbons (Fsp3) is 0.278. The molecular weight excluding hydrogens is 332 g/mol. The number of carbonyl (C=O) groups excluding carboxylic acids is 1. The third kappa shape index (κ3) is 3.53. The number of nitrogens with two attached hydrogens (primary N) is 1. The Bertz CT molecular complexity index is 915. The topological polar surface area (TPSA) is 111 Å². The molecule has 8 nitrogen and oxygen atoms in total. The van der Waals surface area contributed by atoms with E-state index >= 15 is 0 Å². The van der Waals surface area contributed by atoms with Crippen LogP contribution in [0.1, 0.15) is 40.7 Å². The fourth-order valence-electron chi connectivity index (χ4n) is 2.55. The van der Waals surface area contributed by atoms with Gasteiger partial charge in [0, 0.05) is 23.9 Å². The zero-order valence-corrected chi connectivity index (χ0v) is 15.1. The molecule has 1 atom stereocenters. The first-order chi connectivity index (χ1) is 12.3. The van der Waals surface area contributed by atoms with Crippen LogP contribution >= 0.6 is 0 Å². The minimum atomic E-state index is -0.326. The lowest BCUT2D eigenvalue weighted by Crippen LogP contribution is -2.29. The third-order valence-electron chi connectivity index (χ3n) is 4.10. The molecule has 0 saturated carbocycles. The number of hydrogen-bond donors (Lipinski definition) is 1. The van der Waals surface area contributed by atoms with Crippen molar-refractivity contribution in [2.45, 2.75) is 26.8 Å². The van der Waals surface area contributed by atoms with Crippen molar-refractivity contribution in [1.29, 1.82) is 0 Å². The van der Waals surface area contributed by atoms with E-state index in [1.165, 1.54) is 0 Å². The van der Waals surface area contributed by atoms with Gasteiger partial charge in [0.1, 0.15) is 6.04 Å². The van der Waals surface area contributed by atoms with Crippen LogP contribution < -0.4 is 5.73 Å². The van der Waals surface area contributed by atoms with Crippen molar-refractivity contribution in [2.75, 3.05) is 12.8 Å². The third-order valence-corrected chi connectivity index (χ3v) is 4.10. The van der Waals surface area contributed by atoms with Gasteiger partial charge in [-0.1, -0.05) is 17.3 Å². The molecule has 0 aliphatic heterocycles. The van der Waals surface area contributed by atoms with Crippen LogP contribution in [0.2, 0.25) is 0 Å². The van der Waals surface area contributed by atoms with Gasteiger partial charge >= 0.3 is 0 Å². The number of nitrogens with zero attached hydrogens (tertiary/aromatic N) is 5. The van der Waals surface area contributed by atoms with E-state index in [0.29, 0.717) is 17.3 Å². The minimum absolute atomic E-state index is 0.140. The van der Waals surface area contributed by atoms with Crippen molar-refractivity contribution in [3.05, 3.63) is 53.3 Å². The van der Waals surface area contributed by atoms with Gasteiger partial charge in [0.2, 0.25) is 11.8 Å². The Kier molecular flexibility index (Phi) is 4.66. The second kappa shape index (κ2) is 6.91. The maximum Gasteiger partial charge on any atom is 0.254 e. The Morgan fingerprint density at radius 1 is 1.15 bits per heavy atom. The van der Waals surface area contributed by atoms with Gasteiger partial charge in [-0.05, 0) is 39.0 Å². The van der Waals surface area contributed by atoms with Gasteiger partial charge in [-0.15, -0.1) is 0 Å². The summed E-state index contributed by atoms with van der Waals surface area (Å²) in [6.07, 6.45) is 0. The highest BCUT2D eigenvalue weighted by atomic mass is 16.5. The summed E-state index contributed by atoms with van der Waals surface area (Å²) in [6, 6.07) is 8.71. The Balaban J connectivity index is 1.80. The second-order valence-corrected chi connectivity index (χ2v) is 6.10. The molecule has 2 heterocycles. The number of aryl methyl sites for hydroxylation is 2. The summed E-state index contributed by atoms with van der Waals surface area (Å²) in [5, 5.41) is 3.77. The highest BCUT2D eigenvalue weighted by Gasteiger charge is 2.23. The Hall–Kier alpha value is -3.29. The Morgan fingerprint density at radius 3 is 2.42 bits per heavy atom. The van der Waals surface area contributed by atoms with E-state index in [1.54, 1.807) is 31.0 Å². The standard InChI is InChI=1S/C18H20N6O2/c1-10-9-15(22-18(19)20-10)13-5-7-14(8-6-13)17(25)24(4)11(2)16-21-12(3)23-26-16/h5-9,11H,1-4H3,(H2,19,20,22)/t11-/m1/s1. The highest BCUT2D eigenvalue weighted by molar-refractivity contribution is 5.94. The van der Waals surface area contributed by atoms with Crippen molar-refractivity contribution in [3.8, 4) is 11.3 Å². The molecule has 2 N–H and O–H groups in total. The largest absolute Gasteiger partial charge is 0.368 e.